The Hall–Kier alpha value is -0.570. The number of aromatic nitrogens is 1. The first-order valence-electron chi connectivity index (χ1n) is 6.53. The van der Waals surface area contributed by atoms with Crippen LogP contribution in [0.4, 0.5) is 5.82 Å². The molecule has 0 unspecified atom stereocenters. The molecule has 0 amide bonds. The fourth-order valence-corrected chi connectivity index (χ4v) is 3.17. The number of anilines is 1. The van der Waals surface area contributed by atoms with E-state index in [9.17, 15) is 0 Å². The maximum atomic E-state index is 4.56. The molecule has 1 heterocycles. The van der Waals surface area contributed by atoms with Gasteiger partial charge in [-0.25, -0.2) is 4.98 Å². The van der Waals surface area contributed by atoms with Gasteiger partial charge in [-0.2, -0.15) is 0 Å². The molecular weight excluding hydrogens is 276 g/mol. The minimum Gasteiger partial charge on any atom is -0.356 e. The van der Waals surface area contributed by atoms with Crippen LogP contribution in [0.2, 0.25) is 0 Å². The van der Waals surface area contributed by atoms with Gasteiger partial charge in [0, 0.05) is 23.8 Å². The smallest absolute Gasteiger partial charge is 0.131 e. The molecule has 0 spiro atoms. The van der Waals surface area contributed by atoms with Crippen molar-refractivity contribution in [1.82, 2.24) is 4.98 Å². The average molecular weight is 297 g/mol. The van der Waals surface area contributed by atoms with Crippen LogP contribution in [0.1, 0.15) is 44.1 Å². The minimum absolute atomic E-state index is 0.671. The molecule has 1 aromatic rings. The second-order valence-electron chi connectivity index (χ2n) is 5.05. The Morgan fingerprint density at radius 2 is 1.88 bits per heavy atom. The third-order valence-electron chi connectivity index (χ3n) is 3.72. The lowest BCUT2D eigenvalue weighted by molar-refractivity contribution is 0.548. The van der Waals surface area contributed by atoms with Crippen molar-refractivity contribution >= 4 is 21.7 Å². The van der Waals surface area contributed by atoms with Crippen molar-refractivity contribution in [3.05, 3.63) is 22.3 Å². The SMILES string of the molecule is Cc1cc(Br)cnc1N(C)C1CCCCCC1. The normalized spacial score (nSPS) is 17.8. The quantitative estimate of drug-likeness (QED) is 0.756. The van der Waals surface area contributed by atoms with Gasteiger partial charge in [0.25, 0.3) is 0 Å². The largest absolute Gasteiger partial charge is 0.356 e. The molecule has 94 valence electrons. The number of rotatable bonds is 2. The third kappa shape index (κ3) is 3.21. The van der Waals surface area contributed by atoms with Gasteiger partial charge >= 0.3 is 0 Å². The summed E-state index contributed by atoms with van der Waals surface area (Å²) in [5, 5.41) is 0. The van der Waals surface area contributed by atoms with Crippen molar-refractivity contribution < 1.29 is 0 Å². The van der Waals surface area contributed by atoms with Crippen LogP contribution in [0.5, 0.6) is 0 Å². The molecular formula is C14H21BrN2. The maximum Gasteiger partial charge on any atom is 0.131 e. The summed E-state index contributed by atoms with van der Waals surface area (Å²) in [6, 6.07) is 2.82. The van der Waals surface area contributed by atoms with Crippen LogP contribution >= 0.6 is 15.9 Å². The van der Waals surface area contributed by atoms with Gasteiger partial charge < -0.3 is 4.90 Å². The van der Waals surface area contributed by atoms with E-state index in [4.69, 9.17) is 0 Å². The fourth-order valence-electron chi connectivity index (χ4n) is 2.72. The monoisotopic (exact) mass is 296 g/mol. The second-order valence-corrected chi connectivity index (χ2v) is 5.97. The number of pyridine rings is 1. The summed E-state index contributed by atoms with van der Waals surface area (Å²) in [6.45, 7) is 2.14. The van der Waals surface area contributed by atoms with E-state index in [0.29, 0.717) is 6.04 Å². The third-order valence-corrected chi connectivity index (χ3v) is 4.16. The van der Waals surface area contributed by atoms with Crippen LogP contribution in [-0.4, -0.2) is 18.1 Å². The number of hydrogen-bond donors (Lipinski definition) is 0. The highest BCUT2D eigenvalue weighted by Crippen LogP contribution is 2.27. The van der Waals surface area contributed by atoms with Crippen LogP contribution < -0.4 is 4.90 Å². The highest BCUT2D eigenvalue weighted by molar-refractivity contribution is 9.10. The first kappa shape index (κ1) is 12.9. The lowest BCUT2D eigenvalue weighted by Crippen LogP contribution is -2.32. The summed E-state index contributed by atoms with van der Waals surface area (Å²) in [5.74, 6) is 1.14. The van der Waals surface area contributed by atoms with Gasteiger partial charge in [-0.1, -0.05) is 25.7 Å². The Labute approximate surface area is 113 Å². The summed E-state index contributed by atoms with van der Waals surface area (Å²) in [7, 11) is 2.19. The van der Waals surface area contributed by atoms with Gasteiger partial charge in [-0.15, -0.1) is 0 Å². The highest BCUT2D eigenvalue weighted by Gasteiger charge is 2.19. The molecule has 1 aromatic heterocycles. The second kappa shape index (κ2) is 5.85. The van der Waals surface area contributed by atoms with Gasteiger partial charge in [0.2, 0.25) is 0 Å². The van der Waals surface area contributed by atoms with E-state index in [-0.39, 0.29) is 0 Å². The Balaban J connectivity index is 2.14. The molecule has 17 heavy (non-hydrogen) atoms. The van der Waals surface area contributed by atoms with Crippen molar-refractivity contribution in [2.75, 3.05) is 11.9 Å². The molecule has 1 aliphatic carbocycles. The molecule has 1 fully saturated rings. The van der Waals surface area contributed by atoms with E-state index in [0.717, 1.165) is 10.3 Å². The Morgan fingerprint density at radius 3 is 2.47 bits per heavy atom. The Kier molecular flexibility index (Phi) is 4.43. The molecule has 0 atom stereocenters. The van der Waals surface area contributed by atoms with Crippen LogP contribution in [-0.2, 0) is 0 Å². The highest BCUT2D eigenvalue weighted by atomic mass is 79.9. The van der Waals surface area contributed by atoms with Gasteiger partial charge in [-0.05, 0) is 47.3 Å². The Bertz CT molecular complexity index is 370. The van der Waals surface area contributed by atoms with E-state index in [2.05, 4.69) is 45.9 Å². The molecule has 0 aromatic carbocycles. The molecule has 0 saturated heterocycles. The standard InChI is InChI=1S/C14H21BrN2/c1-11-9-12(15)10-16-14(11)17(2)13-7-5-3-4-6-8-13/h9-10,13H,3-8H2,1-2H3. The van der Waals surface area contributed by atoms with Crippen LogP contribution in [0.15, 0.2) is 16.7 Å². The summed E-state index contributed by atoms with van der Waals surface area (Å²) in [6.07, 6.45) is 10.1. The van der Waals surface area contributed by atoms with Crippen molar-refractivity contribution in [2.24, 2.45) is 0 Å². The summed E-state index contributed by atoms with van der Waals surface area (Å²) in [4.78, 5) is 6.94. The zero-order valence-corrected chi connectivity index (χ0v) is 12.3. The van der Waals surface area contributed by atoms with E-state index in [1.165, 1.54) is 44.1 Å². The average Bonchev–Trinajstić information content (AvgIpc) is 2.56. The predicted octanol–water partition coefficient (Wildman–Crippen LogP) is 4.31. The molecule has 1 saturated carbocycles. The predicted molar refractivity (Wildman–Crippen MR) is 76.6 cm³/mol. The first-order chi connectivity index (χ1) is 8.18. The number of halogens is 1. The van der Waals surface area contributed by atoms with Crippen LogP contribution in [0.3, 0.4) is 0 Å². The van der Waals surface area contributed by atoms with Gasteiger partial charge in [0.15, 0.2) is 0 Å². The van der Waals surface area contributed by atoms with Gasteiger partial charge in [0.05, 0.1) is 0 Å². The summed E-state index contributed by atoms with van der Waals surface area (Å²) in [5.41, 5.74) is 1.26. The molecule has 1 aliphatic rings. The molecule has 3 heteroatoms. The van der Waals surface area contributed by atoms with Crippen molar-refractivity contribution in [3.63, 3.8) is 0 Å². The minimum atomic E-state index is 0.671. The number of nitrogens with zero attached hydrogens (tertiary/aromatic N) is 2. The van der Waals surface area contributed by atoms with Gasteiger partial charge in [-0.3, -0.25) is 0 Å². The van der Waals surface area contributed by atoms with Crippen molar-refractivity contribution in [2.45, 2.75) is 51.5 Å². The van der Waals surface area contributed by atoms with Crippen molar-refractivity contribution in [3.8, 4) is 0 Å². The molecule has 0 radical (unpaired) electrons. The van der Waals surface area contributed by atoms with E-state index in [1.807, 2.05) is 6.20 Å². The summed E-state index contributed by atoms with van der Waals surface area (Å²) >= 11 is 3.47. The number of hydrogen-bond acceptors (Lipinski definition) is 2. The zero-order chi connectivity index (χ0) is 12.3. The first-order valence-corrected chi connectivity index (χ1v) is 7.33. The molecule has 2 nitrogen and oxygen atoms in total. The van der Waals surface area contributed by atoms with Crippen LogP contribution in [0.25, 0.3) is 0 Å². The molecule has 0 N–H and O–H groups in total. The topological polar surface area (TPSA) is 16.1 Å². The molecule has 0 aliphatic heterocycles. The summed E-state index contributed by atoms with van der Waals surface area (Å²) < 4.78 is 1.06. The lowest BCUT2D eigenvalue weighted by atomic mass is 10.1. The van der Waals surface area contributed by atoms with E-state index < -0.39 is 0 Å². The number of aryl methyl sites for hydroxylation is 1. The van der Waals surface area contributed by atoms with Gasteiger partial charge in [0.1, 0.15) is 5.82 Å². The van der Waals surface area contributed by atoms with Crippen molar-refractivity contribution in [1.29, 1.82) is 0 Å². The Morgan fingerprint density at radius 1 is 1.24 bits per heavy atom. The maximum absolute atomic E-state index is 4.56. The molecule has 2 rings (SSSR count). The van der Waals surface area contributed by atoms with Crippen LogP contribution in [0, 0.1) is 6.92 Å². The van der Waals surface area contributed by atoms with E-state index >= 15 is 0 Å². The fraction of sp³-hybridized carbons (Fsp3) is 0.643. The van der Waals surface area contributed by atoms with E-state index in [1.54, 1.807) is 0 Å². The molecule has 0 bridgehead atoms. The zero-order valence-electron chi connectivity index (χ0n) is 10.7. The lowest BCUT2D eigenvalue weighted by Gasteiger charge is -2.29.